The number of carbonyl (C=O) groups excluding carboxylic acids is 2. The van der Waals surface area contributed by atoms with Gasteiger partial charge in [-0.15, -0.1) is 10.2 Å². The standard InChI is InChI=1S/C25H12ClN3O2S.C2H6/c26-19-22(30)17-11-5-6-12-18(17)23(31)24(19)32-25-27-20-15-9-3-1-7-13(15)14-8-2-4-10-16(14)21(20)28-29-25;1-2/h1-12H;1-2H3. The molecule has 0 fully saturated rings. The van der Waals surface area contributed by atoms with Gasteiger partial charge in [0.2, 0.25) is 16.7 Å². The van der Waals surface area contributed by atoms with E-state index in [2.05, 4.69) is 16.3 Å². The molecular formula is C27H18ClN3O2S. The fourth-order valence-corrected chi connectivity index (χ4v) is 5.17. The molecule has 6 rings (SSSR count). The molecule has 5 nitrogen and oxygen atoms in total. The molecule has 0 N–H and O–H groups in total. The zero-order valence-electron chi connectivity index (χ0n) is 18.4. The van der Waals surface area contributed by atoms with Crippen LogP contribution in [0.4, 0.5) is 0 Å². The van der Waals surface area contributed by atoms with E-state index in [1.165, 1.54) is 0 Å². The van der Waals surface area contributed by atoms with Crippen molar-refractivity contribution in [1.82, 2.24) is 15.2 Å². The van der Waals surface area contributed by atoms with Crippen LogP contribution in [0.3, 0.4) is 0 Å². The van der Waals surface area contributed by atoms with Gasteiger partial charge in [0.1, 0.15) is 16.1 Å². The zero-order chi connectivity index (χ0) is 23.8. The number of hydrogen-bond acceptors (Lipinski definition) is 6. The molecule has 1 aliphatic carbocycles. The molecule has 0 spiro atoms. The predicted octanol–water partition coefficient (Wildman–Crippen LogP) is 6.98. The average molecular weight is 484 g/mol. The van der Waals surface area contributed by atoms with Gasteiger partial charge in [-0.3, -0.25) is 9.59 Å². The molecule has 0 aliphatic heterocycles. The van der Waals surface area contributed by atoms with Crippen LogP contribution in [0.1, 0.15) is 34.6 Å². The number of rotatable bonds is 2. The number of allylic oxidation sites excluding steroid dienone is 2. The third-order valence-corrected chi connectivity index (χ3v) is 6.96. The van der Waals surface area contributed by atoms with E-state index < -0.39 is 0 Å². The molecule has 1 aliphatic rings. The number of thioether (sulfide) groups is 1. The quantitative estimate of drug-likeness (QED) is 0.252. The minimum Gasteiger partial charge on any atom is -0.288 e. The first-order valence-electron chi connectivity index (χ1n) is 10.8. The van der Waals surface area contributed by atoms with Crippen molar-refractivity contribution >= 4 is 67.5 Å². The minimum absolute atomic E-state index is 0.113. The Morgan fingerprint density at radius 3 is 1.76 bits per heavy atom. The van der Waals surface area contributed by atoms with Crippen molar-refractivity contribution in [2.24, 2.45) is 0 Å². The van der Waals surface area contributed by atoms with Crippen LogP contribution in [-0.4, -0.2) is 26.7 Å². The van der Waals surface area contributed by atoms with E-state index in [1.807, 2.05) is 56.3 Å². The summed E-state index contributed by atoms with van der Waals surface area (Å²) in [5.41, 5.74) is 2.00. The Labute approximate surface area is 204 Å². The van der Waals surface area contributed by atoms with E-state index in [9.17, 15) is 9.59 Å². The average Bonchev–Trinajstić information content (AvgIpc) is 2.91. The highest BCUT2D eigenvalue weighted by atomic mass is 35.5. The van der Waals surface area contributed by atoms with E-state index in [0.29, 0.717) is 22.2 Å². The lowest BCUT2D eigenvalue weighted by Gasteiger charge is -2.16. The van der Waals surface area contributed by atoms with Gasteiger partial charge in [0.05, 0.1) is 4.91 Å². The maximum Gasteiger partial charge on any atom is 0.214 e. The van der Waals surface area contributed by atoms with Crippen LogP contribution in [0.15, 0.2) is 87.9 Å². The molecule has 166 valence electrons. The predicted molar refractivity (Wildman–Crippen MR) is 138 cm³/mol. The SMILES string of the molecule is CC.O=C1C(Cl)=C(Sc2nnc3c4ccccc4c4ccccc4c3n2)C(=O)c2ccccc21. The third kappa shape index (κ3) is 3.47. The van der Waals surface area contributed by atoms with E-state index in [4.69, 9.17) is 16.6 Å². The molecule has 0 bridgehead atoms. The highest BCUT2D eigenvalue weighted by Crippen LogP contribution is 2.38. The van der Waals surface area contributed by atoms with Crippen molar-refractivity contribution < 1.29 is 9.59 Å². The second-order valence-electron chi connectivity index (χ2n) is 7.33. The van der Waals surface area contributed by atoms with E-state index >= 15 is 0 Å². The molecule has 0 saturated heterocycles. The molecule has 4 aromatic carbocycles. The maximum atomic E-state index is 13.0. The van der Waals surface area contributed by atoms with E-state index in [1.54, 1.807) is 24.3 Å². The number of ketones is 2. The van der Waals surface area contributed by atoms with Gasteiger partial charge in [-0.05, 0) is 22.5 Å². The van der Waals surface area contributed by atoms with Gasteiger partial charge in [0, 0.05) is 21.9 Å². The summed E-state index contributed by atoms with van der Waals surface area (Å²) in [5.74, 6) is -0.697. The van der Waals surface area contributed by atoms with Crippen molar-refractivity contribution in [3.63, 3.8) is 0 Å². The van der Waals surface area contributed by atoms with Gasteiger partial charge in [-0.2, -0.15) is 0 Å². The minimum atomic E-state index is -0.380. The number of halogens is 1. The Hall–Kier alpha value is -3.61. The molecule has 5 aromatic rings. The molecular weight excluding hydrogens is 466 g/mol. The molecule has 1 aromatic heterocycles. The third-order valence-electron chi connectivity index (χ3n) is 5.54. The van der Waals surface area contributed by atoms with Crippen LogP contribution in [-0.2, 0) is 0 Å². The summed E-state index contributed by atoms with van der Waals surface area (Å²) in [6, 6.07) is 22.6. The number of aromatic nitrogens is 3. The van der Waals surface area contributed by atoms with Gasteiger partial charge in [0.15, 0.2) is 0 Å². The normalized spacial score (nSPS) is 13.3. The summed E-state index contributed by atoms with van der Waals surface area (Å²) in [4.78, 5) is 30.6. The molecule has 0 atom stereocenters. The Morgan fingerprint density at radius 2 is 1.15 bits per heavy atom. The summed E-state index contributed by atoms with van der Waals surface area (Å²) in [6.07, 6.45) is 0. The van der Waals surface area contributed by atoms with Crippen LogP contribution >= 0.6 is 23.4 Å². The summed E-state index contributed by atoms with van der Waals surface area (Å²) in [5, 5.41) is 12.9. The van der Waals surface area contributed by atoms with Crippen molar-refractivity contribution in [1.29, 1.82) is 0 Å². The Morgan fingerprint density at radius 1 is 0.647 bits per heavy atom. The lowest BCUT2D eigenvalue weighted by Crippen LogP contribution is -2.18. The van der Waals surface area contributed by atoms with E-state index in [-0.39, 0.29) is 26.7 Å². The summed E-state index contributed by atoms with van der Waals surface area (Å²) >= 11 is 7.28. The van der Waals surface area contributed by atoms with Crippen molar-refractivity contribution in [3.8, 4) is 0 Å². The molecule has 34 heavy (non-hydrogen) atoms. The number of carbonyl (C=O) groups is 2. The van der Waals surface area contributed by atoms with Crippen LogP contribution in [0, 0.1) is 0 Å². The molecule has 0 saturated carbocycles. The first kappa shape index (κ1) is 22.2. The van der Waals surface area contributed by atoms with Crippen LogP contribution in [0.2, 0.25) is 0 Å². The van der Waals surface area contributed by atoms with Crippen LogP contribution in [0.25, 0.3) is 32.6 Å². The molecule has 1 heterocycles. The second-order valence-corrected chi connectivity index (χ2v) is 8.69. The summed E-state index contributed by atoms with van der Waals surface area (Å²) < 4.78 is 0. The highest BCUT2D eigenvalue weighted by Gasteiger charge is 2.32. The second kappa shape index (κ2) is 8.97. The van der Waals surface area contributed by atoms with Crippen LogP contribution in [0.5, 0.6) is 0 Å². The Balaban J connectivity index is 0.00000117. The van der Waals surface area contributed by atoms with Gasteiger partial charge in [0.25, 0.3) is 0 Å². The Bertz CT molecular complexity index is 1630. The maximum absolute atomic E-state index is 13.0. The largest absolute Gasteiger partial charge is 0.288 e. The van der Waals surface area contributed by atoms with Crippen molar-refractivity contribution in [3.05, 3.63) is 93.9 Å². The van der Waals surface area contributed by atoms with Gasteiger partial charge in [-0.1, -0.05) is 98.2 Å². The molecule has 0 unspecified atom stereocenters. The number of Topliss-reactive ketones (excluding diaryl/α,β-unsaturated/α-hetero) is 2. The molecule has 0 radical (unpaired) electrons. The Kier molecular flexibility index (Phi) is 5.86. The van der Waals surface area contributed by atoms with Gasteiger partial charge < -0.3 is 0 Å². The fourth-order valence-electron chi connectivity index (χ4n) is 4.08. The summed E-state index contributed by atoms with van der Waals surface area (Å²) in [7, 11) is 0. The number of hydrogen-bond donors (Lipinski definition) is 0. The number of fused-ring (bicyclic) bond motifs is 7. The highest BCUT2D eigenvalue weighted by molar-refractivity contribution is 8.04. The molecule has 0 amide bonds. The first-order chi connectivity index (χ1) is 16.6. The fraction of sp³-hybridized carbons (Fsp3) is 0.0741. The number of nitrogens with zero attached hydrogens (tertiary/aromatic N) is 3. The lowest BCUT2D eigenvalue weighted by atomic mass is 9.95. The number of benzene rings is 4. The van der Waals surface area contributed by atoms with Gasteiger partial charge in [-0.25, -0.2) is 4.98 Å². The summed E-state index contributed by atoms with van der Waals surface area (Å²) in [6.45, 7) is 4.00. The van der Waals surface area contributed by atoms with Crippen molar-refractivity contribution in [2.75, 3.05) is 0 Å². The monoisotopic (exact) mass is 483 g/mol. The molecule has 7 heteroatoms. The van der Waals surface area contributed by atoms with E-state index in [0.717, 1.165) is 33.3 Å². The van der Waals surface area contributed by atoms with Gasteiger partial charge >= 0.3 is 0 Å². The smallest absolute Gasteiger partial charge is 0.214 e. The zero-order valence-corrected chi connectivity index (χ0v) is 19.9. The first-order valence-corrected chi connectivity index (χ1v) is 12.0. The lowest BCUT2D eigenvalue weighted by molar-refractivity contribution is 0.0987. The van der Waals surface area contributed by atoms with Crippen molar-refractivity contribution in [2.45, 2.75) is 19.0 Å². The topological polar surface area (TPSA) is 72.8 Å². The van der Waals surface area contributed by atoms with Crippen LogP contribution < -0.4 is 0 Å².